The molecule has 0 spiro atoms. The van der Waals surface area contributed by atoms with Gasteiger partial charge < -0.3 is 32.9 Å². The minimum atomic E-state index is -1.18. The Kier molecular flexibility index (Phi) is 13.4. The lowest BCUT2D eigenvalue weighted by Crippen LogP contribution is -2.41. The molecule has 0 aliphatic heterocycles. The van der Waals surface area contributed by atoms with E-state index < -0.39 is 23.8 Å². The third kappa shape index (κ3) is 9.53. The van der Waals surface area contributed by atoms with Gasteiger partial charge in [0.25, 0.3) is 11.8 Å². The Morgan fingerprint density at radius 1 is 0.958 bits per heavy atom. The van der Waals surface area contributed by atoms with Gasteiger partial charge in [0.1, 0.15) is 11.9 Å². The van der Waals surface area contributed by atoms with E-state index in [0.717, 1.165) is 16.7 Å². The fourth-order valence-electron chi connectivity index (χ4n) is 4.87. The van der Waals surface area contributed by atoms with E-state index >= 15 is 0 Å². The molecule has 15 heteroatoms. The van der Waals surface area contributed by atoms with Crippen molar-refractivity contribution in [2.24, 2.45) is 16.7 Å². The molecule has 1 aromatic heterocycles. The van der Waals surface area contributed by atoms with Crippen LogP contribution in [0.3, 0.4) is 0 Å². The van der Waals surface area contributed by atoms with Crippen LogP contribution in [0.4, 0.5) is 11.8 Å². The average Bonchev–Trinajstić information content (AvgIpc) is 3.06. The number of amidine groups is 1. The van der Waals surface area contributed by atoms with Crippen LogP contribution in [0.5, 0.6) is 0 Å². The summed E-state index contributed by atoms with van der Waals surface area (Å²) in [5.41, 5.74) is 24.0. The number of carboxylic acid groups (broad SMARTS) is 1. The van der Waals surface area contributed by atoms with Gasteiger partial charge in [-0.2, -0.15) is 4.98 Å². The number of fused-ring (bicyclic) bond motifs is 1. The Balaban J connectivity index is 0.00000307. The van der Waals surface area contributed by atoms with Gasteiger partial charge in [-0.05, 0) is 74.1 Å². The van der Waals surface area contributed by atoms with Crippen molar-refractivity contribution in [2.45, 2.75) is 52.5 Å². The van der Waals surface area contributed by atoms with Crippen molar-refractivity contribution >= 4 is 57.9 Å². The molecule has 0 saturated carbocycles. The van der Waals surface area contributed by atoms with Crippen molar-refractivity contribution in [1.29, 1.82) is 0 Å². The molecule has 1 unspecified atom stereocenters. The van der Waals surface area contributed by atoms with Gasteiger partial charge in [-0.25, -0.2) is 21.2 Å². The quantitative estimate of drug-likeness (QED) is 0.0336. The van der Waals surface area contributed by atoms with Crippen molar-refractivity contribution in [2.75, 3.05) is 18.0 Å². The summed E-state index contributed by atoms with van der Waals surface area (Å²) in [5.74, 6) is 3.42. The van der Waals surface area contributed by atoms with E-state index in [1.807, 2.05) is 26.8 Å². The van der Waals surface area contributed by atoms with E-state index in [-0.39, 0.29) is 30.6 Å². The molecule has 12 N–H and O–H groups in total. The molecule has 2 amide bonds. The highest BCUT2D eigenvalue weighted by Crippen LogP contribution is 2.31. The molecule has 0 radical (unpaired) electrons. The van der Waals surface area contributed by atoms with Crippen LogP contribution in [0.1, 0.15) is 69.7 Å². The Labute approximate surface area is 283 Å². The number of hydrogen-bond acceptors (Lipinski definition) is 10. The fraction of sp³-hybridized carbons (Fsp3) is 0.273. The van der Waals surface area contributed by atoms with Gasteiger partial charge >= 0.3 is 5.97 Å². The van der Waals surface area contributed by atoms with Crippen LogP contribution < -0.4 is 39.2 Å². The minimum absolute atomic E-state index is 0.0415. The number of amides is 2. The lowest BCUT2D eigenvalue weighted by molar-refractivity contribution is -0.139. The maximum Gasteiger partial charge on any atom is 0.326 e. The van der Waals surface area contributed by atoms with E-state index in [0.29, 0.717) is 51.9 Å². The summed E-state index contributed by atoms with van der Waals surface area (Å²) in [6, 6.07) is 14.4. The number of nitrogens with one attached hydrogen (secondary N) is 3. The van der Waals surface area contributed by atoms with Crippen LogP contribution >= 0.6 is 11.6 Å². The first-order valence-corrected chi connectivity index (χ1v) is 15.7. The smallest absolute Gasteiger partial charge is 0.326 e. The van der Waals surface area contributed by atoms with Crippen LogP contribution in [0.25, 0.3) is 10.9 Å². The Bertz CT molecular complexity index is 1800. The number of aliphatic carboxylic acids is 1. The molecule has 48 heavy (non-hydrogen) atoms. The standard InChI is InChI=1S/C31H35ClN10O4.C2H6/c1-16-4-12-20(21(15-16)26(33)41-42-36)29(44)37-14-2-3-23(30(45)46)38-28(43)19-9-6-17(7-10-19)5-8-18-11-13-22-24(25(18)32)27(34)40-31(35)39-22;1-2/h4,6-7,9-13,15,23,42H,2-3,5,8,14,36H2,1H3,(H2,33,41)(H,37,44)(H,38,43)(H,45,46)(H4,34,35,39,40);1-2H3. The average molecular weight is 677 g/mol. The van der Waals surface area contributed by atoms with Crippen molar-refractivity contribution in [3.63, 3.8) is 0 Å². The molecule has 0 aliphatic rings. The number of nitrogens with zero attached hydrogens (tertiary/aromatic N) is 3. The maximum atomic E-state index is 12.9. The number of halogens is 1. The summed E-state index contributed by atoms with van der Waals surface area (Å²) in [6.07, 6.45) is 1.60. The molecule has 4 rings (SSSR count). The van der Waals surface area contributed by atoms with Crippen LogP contribution in [-0.4, -0.2) is 51.3 Å². The van der Waals surface area contributed by atoms with Gasteiger partial charge in [0.05, 0.1) is 21.5 Å². The zero-order chi connectivity index (χ0) is 35.4. The second-order valence-electron chi connectivity index (χ2n) is 10.5. The van der Waals surface area contributed by atoms with Crippen molar-refractivity contribution in [3.8, 4) is 0 Å². The molecule has 1 heterocycles. The highest BCUT2D eigenvalue weighted by Gasteiger charge is 2.21. The highest BCUT2D eigenvalue weighted by atomic mass is 35.5. The van der Waals surface area contributed by atoms with Gasteiger partial charge in [-0.1, -0.05) is 55.3 Å². The number of hydrazone groups is 1. The summed E-state index contributed by atoms with van der Waals surface area (Å²) in [4.78, 5) is 45.7. The predicted octanol–water partition coefficient (Wildman–Crippen LogP) is 3.04. The lowest BCUT2D eigenvalue weighted by atomic mass is 10.0. The summed E-state index contributed by atoms with van der Waals surface area (Å²) in [7, 11) is 0. The normalized spacial score (nSPS) is 11.6. The van der Waals surface area contributed by atoms with E-state index in [9.17, 15) is 19.5 Å². The number of nitrogens with two attached hydrogens (primary N) is 4. The van der Waals surface area contributed by atoms with Gasteiger partial charge in [-0.15, -0.1) is 5.10 Å². The van der Waals surface area contributed by atoms with Crippen LogP contribution in [-0.2, 0) is 17.6 Å². The highest BCUT2D eigenvalue weighted by molar-refractivity contribution is 6.37. The van der Waals surface area contributed by atoms with E-state index in [1.54, 1.807) is 48.5 Å². The SMILES string of the molecule is CC.Cc1ccc(C(=O)NCCCC(NC(=O)c2ccc(CCc3ccc4nc(N)nc(N)c4c3Cl)cc2)C(=O)O)c(/C(N)=N/NN)c1. The third-order valence-electron chi connectivity index (χ3n) is 7.26. The number of aryl methyl sites for hydroxylation is 3. The second kappa shape index (κ2) is 17.4. The Morgan fingerprint density at radius 3 is 2.33 bits per heavy atom. The molecule has 0 aliphatic carbocycles. The van der Waals surface area contributed by atoms with E-state index in [4.69, 9.17) is 34.6 Å². The van der Waals surface area contributed by atoms with Crippen LogP contribution in [0, 0.1) is 6.92 Å². The summed E-state index contributed by atoms with van der Waals surface area (Å²) in [5, 5.41) is 19.7. The molecule has 1 atom stereocenters. The summed E-state index contributed by atoms with van der Waals surface area (Å²) < 4.78 is 0. The molecule has 0 bridgehead atoms. The number of anilines is 2. The first kappa shape index (κ1) is 37.0. The molecule has 254 valence electrons. The third-order valence-corrected chi connectivity index (χ3v) is 7.70. The number of nitrogen functional groups attached to an aromatic ring is 2. The molecule has 14 nitrogen and oxygen atoms in total. The summed E-state index contributed by atoms with van der Waals surface area (Å²) in [6.45, 7) is 6.01. The first-order chi connectivity index (χ1) is 23.0. The van der Waals surface area contributed by atoms with Crippen LogP contribution in [0.2, 0.25) is 5.02 Å². The monoisotopic (exact) mass is 676 g/mol. The predicted molar refractivity (Wildman–Crippen MR) is 188 cm³/mol. The first-order valence-electron chi connectivity index (χ1n) is 15.3. The number of hydrogen-bond donors (Lipinski definition) is 8. The Morgan fingerprint density at radius 2 is 1.67 bits per heavy atom. The number of aromatic nitrogens is 2. The largest absolute Gasteiger partial charge is 0.480 e. The van der Waals surface area contributed by atoms with Crippen molar-refractivity contribution < 1.29 is 19.5 Å². The van der Waals surface area contributed by atoms with Crippen molar-refractivity contribution in [1.82, 2.24) is 26.1 Å². The topological polar surface area (TPSA) is 250 Å². The van der Waals surface area contributed by atoms with E-state index in [1.165, 1.54) is 0 Å². The Hall–Kier alpha value is -5.47. The number of carbonyl (C=O) groups excluding carboxylic acids is 2. The lowest BCUT2D eigenvalue weighted by Gasteiger charge is -2.15. The maximum absolute atomic E-state index is 12.9. The minimum Gasteiger partial charge on any atom is -0.480 e. The zero-order valence-electron chi connectivity index (χ0n) is 27.0. The van der Waals surface area contributed by atoms with Crippen molar-refractivity contribution in [3.05, 3.63) is 93.0 Å². The molecule has 0 fully saturated rings. The molecular weight excluding hydrogens is 636 g/mol. The van der Waals surface area contributed by atoms with Gasteiger partial charge in [0.15, 0.2) is 5.84 Å². The fourth-order valence-corrected chi connectivity index (χ4v) is 5.22. The van der Waals surface area contributed by atoms with E-state index in [2.05, 4.69) is 31.2 Å². The number of carboxylic acids is 1. The second-order valence-corrected chi connectivity index (χ2v) is 10.9. The number of rotatable bonds is 13. The molecule has 4 aromatic rings. The van der Waals surface area contributed by atoms with Crippen LogP contribution in [0.15, 0.2) is 59.7 Å². The van der Waals surface area contributed by atoms with Gasteiger partial charge in [-0.3, -0.25) is 9.59 Å². The number of hydrazine groups is 1. The molecular formula is C33H41ClN10O4. The van der Waals surface area contributed by atoms with Gasteiger partial charge in [0.2, 0.25) is 5.95 Å². The van der Waals surface area contributed by atoms with Gasteiger partial charge in [0, 0.05) is 17.7 Å². The molecule has 3 aromatic carbocycles. The zero-order valence-corrected chi connectivity index (χ0v) is 27.8. The number of carbonyl (C=O) groups is 3. The summed E-state index contributed by atoms with van der Waals surface area (Å²) >= 11 is 6.59. The number of benzene rings is 3. The molecule has 0 saturated heterocycles.